The molecule has 2 aromatic carbocycles. The molecule has 1 aliphatic rings. The van der Waals surface area contributed by atoms with Crippen LogP contribution in [-0.4, -0.2) is 6.73 Å². The maximum atomic E-state index is 14.2. The lowest BCUT2D eigenvalue weighted by molar-refractivity contribution is 0.285. The van der Waals surface area contributed by atoms with Crippen molar-refractivity contribution in [3.05, 3.63) is 69.1 Å². The number of fused-ring (bicyclic) bond motifs is 2. The molecule has 0 saturated heterocycles. The monoisotopic (exact) mass is 371 g/mol. The van der Waals surface area contributed by atoms with Crippen molar-refractivity contribution in [3.8, 4) is 5.75 Å². The summed E-state index contributed by atoms with van der Waals surface area (Å²) in [5, 5.41) is 0.873. The van der Waals surface area contributed by atoms with Crippen LogP contribution in [0.25, 0.3) is 11.0 Å². The highest BCUT2D eigenvalue weighted by Crippen LogP contribution is 2.37. The molecule has 27 heavy (non-hydrogen) atoms. The van der Waals surface area contributed by atoms with E-state index in [-0.39, 0.29) is 18.0 Å². The lowest BCUT2D eigenvalue weighted by atomic mass is 9.98. The Labute approximate surface area is 155 Å². The average Bonchev–Trinajstić information content (AvgIpc) is 2.63. The summed E-state index contributed by atoms with van der Waals surface area (Å²) in [7, 11) is 0. The van der Waals surface area contributed by atoms with Gasteiger partial charge >= 0.3 is 5.63 Å². The smallest absolute Gasteiger partial charge is 0.336 e. The first-order valence-corrected chi connectivity index (χ1v) is 8.90. The van der Waals surface area contributed by atoms with E-state index < -0.39 is 11.6 Å². The minimum absolute atomic E-state index is 0.126. The Bertz CT molecular complexity index is 1090. The van der Waals surface area contributed by atoms with Crippen LogP contribution in [0, 0.1) is 18.6 Å². The molecule has 6 heteroatoms. The van der Waals surface area contributed by atoms with Gasteiger partial charge in [0.25, 0.3) is 0 Å². The second-order valence-electron chi connectivity index (χ2n) is 6.77. The minimum atomic E-state index is -0.628. The number of rotatable bonds is 3. The summed E-state index contributed by atoms with van der Waals surface area (Å²) in [6.45, 7) is 4.45. The molecule has 0 bridgehead atoms. The molecule has 0 amide bonds. The fraction of sp³-hybridized carbons (Fsp3) is 0.286. The third-order valence-electron chi connectivity index (χ3n) is 4.87. The number of nitrogens with zero attached hydrogens (tertiary/aromatic N) is 1. The largest absolute Gasteiger partial charge is 0.472 e. The van der Waals surface area contributed by atoms with Gasteiger partial charge < -0.3 is 14.1 Å². The van der Waals surface area contributed by atoms with E-state index in [1.54, 1.807) is 4.90 Å². The van der Waals surface area contributed by atoms with E-state index in [4.69, 9.17) is 9.15 Å². The van der Waals surface area contributed by atoms with E-state index >= 15 is 0 Å². The van der Waals surface area contributed by atoms with E-state index in [0.717, 1.165) is 41.0 Å². The van der Waals surface area contributed by atoms with Crippen LogP contribution in [-0.2, 0) is 13.0 Å². The zero-order valence-corrected chi connectivity index (χ0v) is 15.1. The lowest BCUT2D eigenvalue weighted by Crippen LogP contribution is -2.33. The van der Waals surface area contributed by atoms with E-state index in [1.807, 2.05) is 19.9 Å². The van der Waals surface area contributed by atoms with Crippen LogP contribution in [0.15, 0.2) is 39.5 Å². The normalized spacial score (nSPS) is 13.6. The number of hydrogen-bond donors (Lipinski definition) is 0. The van der Waals surface area contributed by atoms with Gasteiger partial charge in [-0.15, -0.1) is 0 Å². The highest BCUT2D eigenvalue weighted by atomic mass is 19.1. The fourth-order valence-electron chi connectivity index (χ4n) is 3.65. The standard InChI is InChI=1S/C21H19F2NO3/c1-3-4-13-8-19(25)27-21-12(2)20-14(7-16(13)21)10-24(11-26-20)18-6-5-15(22)9-17(18)23/h5-9H,3-4,10-11H2,1-2H3. The molecule has 0 aliphatic carbocycles. The lowest BCUT2D eigenvalue weighted by Gasteiger charge is -2.32. The summed E-state index contributed by atoms with van der Waals surface area (Å²) in [5.74, 6) is -0.592. The summed E-state index contributed by atoms with van der Waals surface area (Å²) < 4.78 is 38.7. The van der Waals surface area contributed by atoms with E-state index in [1.165, 1.54) is 18.2 Å². The first-order valence-electron chi connectivity index (χ1n) is 8.90. The van der Waals surface area contributed by atoms with Gasteiger partial charge in [0.15, 0.2) is 6.73 Å². The molecule has 0 radical (unpaired) electrons. The second kappa shape index (κ2) is 6.68. The Morgan fingerprint density at radius 2 is 2.00 bits per heavy atom. The van der Waals surface area contributed by atoms with Gasteiger partial charge in [0.1, 0.15) is 23.0 Å². The maximum Gasteiger partial charge on any atom is 0.336 e. The van der Waals surface area contributed by atoms with Gasteiger partial charge in [0, 0.05) is 35.2 Å². The summed E-state index contributed by atoms with van der Waals surface area (Å²) in [5.41, 5.74) is 3.01. The zero-order valence-electron chi connectivity index (χ0n) is 15.1. The van der Waals surface area contributed by atoms with Crippen LogP contribution >= 0.6 is 0 Å². The summed E-state index contributed by atoms with van der Waals surface area (Å²) in [6, 6.07) is 6.98. The predicted octanol–water partition coefficient (Wildman–Crippen LogP) is 4.69. The van der Waals surface area contributed by atoms with Gasteiger partial charge in [-0.3, -0.25) is 0 Å². The van der Waals surface area contributed by atoms with E-state index in [2.05, 4.69) is 0 Å². The Hall–Kier alpha value is -2.89. The molecular formula is C21H19F2NO3. The van der Waals surface area contributed by atoms with Crippen LogP contribution in [0.4, 0.5) is 14.5 Å². The predicted molar refractivity (Wildman–Crippen MR) is 99.3 cm³/mol. The molecule has 2 heterocycles. The first-order chi connectivity index (χ1) is 13.0. The van der Waals surface area contributed by atoms with Gasteiger partial charge in [-0.25, -0.2) is 13.6 Å². The quantitative estimate of drug-likeness (QED) is 0.627. The van der Waals surface area contributed by atoms with E-state index in [9.17, 15) is 13.6 Å². The average molecular weight is 371 g/mol. The van der Waals surface area contributed by atoms with Crippen molar-refractivity contribution in [1.82, 2.24) is 0 Å². The van der Waals surface area contributed by atoms with Crippen molar-refractivity contribution in [1.29, 1.82) is 0 Å². The van der Waals surface area contributed by atoms with Crippen LogP contribution in [0.3, 0.4) is 0 Å². The van der Waals surface area contributed by atoms with Crippen molar-refractivity contribution in [2.24, 2.45) is 0 Å². The SMILES string of the molecule is CCCc1cc(=O)oc2c(C)c3c(cc12)CN(c1ccc(F)cc1F)CO3. The number of anilines is 1. The number of ether oxygens (including phenoxy) is 1. The molecule has 0 spiro atoms. The first kappa shape index (κ1) is 17.5. The highest BCUT2D eigenvalue weighted by Gasteiger charge is 2.24. The van der Waals surface area contributed by atoms with Crippen molar-refractivity contribution in [2.45, 2.75) is 33.2 Å². The number of halogens is 2. The number of benzene rings is 2. The second-order valence-corrected chi connectivity index (χ2v) is 6.77. The summed E-state index contributed by atoms with van der Waals surface area (Å²) in [4.78, 5) is 13.6. The van der Waals surface area contributed by atoms with Crippen molar-refractivity contribution < 1.29 is 17.9 Å². The van der Waals surface area contributed by atoms with E-state index in [0.29, 0.717) is 17.9 Å². The molecule has 0 saturated carbocycles. The van der Waals surface area contributed by atoms with Crippen LogP contribution < -0.4 is 15.3 Å². The molecule has 1 aromatic heterocycles. The topological polar surface area (TPSA) is 42.7 Å². The van der Waals surface area contributed by atoms with Gasteiger partial charge in [-0.1, -0.05) is 13.3 Å². The van der Waals surface area contributed by atoms with Gasteiger partial charge in [0.05, 0.1) is 5.69 Å². The molecule has 0 unspecified atom stereocenters. The fourth-order valence-corrected chi connectivity index (χ4v) is 3.65. The molecule has 3 aromatic rings. The van der Waals surface area contributed by atoms with Gasteiger partial charge in [-0.2, -0.15) is 0 Å². The Kier molecular flexibility index (Phi) is 4.34. The molecule has 0 atom stereocenters. The summed E-state index contributed by atoms with van der Waals surface area (Å²) >= 11 is 0. The molecule has 4 rings (SSSR count). The molecule has 0 N–H and O–H groups in total. The molecule has 1 aliphatic heterocycles. The van der Waals surface area contributed by atoms with Crippen molar-refractivity contribution in [2.75, 3.05) is 11.6 Å². The Morgan fingerprint density at radius 3 is 2.74 bits per heavy atom. The van der Waals surface area contributed by atoms with Crippen LogP contribution in [0.5, 0.6) is 5.75 Å². The van der Waals surface area contributed by atoms with Crippen molar-refractivity contribution in [3.63, 3.8) is 0 Å². The molecular weight excluding hydrogens is 352 g/mol. The van der Waals surface area contributed by atoms with Crippen LogP contribution in [0.2, 0.25) is 0 Å². The molecule has 0 fully saturated rings. The van der Waals surface area contributed by atoms with Gasteiger partial charge in [-0.05, 0) is 37.1 Å². The van der Waals surface area contributed by atoms with Crippen molar-refractivity contribution >= 4 is 16.7 Å². The third kappa shape index (κ3) is 3.05. The Morgan fingerprint density at radius 1 is 1.19 bits per heavy atom. The summed E-state index contributed by atoms with van der Waals surface area (Å²) in [6.07, 6.45) is 1.66. The zero-order chi connectivity index (χ0) is 19.1. The molecule has 4 nitrogen and oxygen atoms in total. The van der Waals surface area contributed by atoms with Gasteiger partial charge in [0.2, 0.25) is 0 Å². The number of aryl methyl sites for hydroxylation is 2. The van der Waals surface area contributed by atoms with Crippen LogP contribution in [0.1, 0.15) is 30.0 Å². The third-order valence-corrected chi connectivity index (χ3v) is 4.87. The Balaban J connectivity index is 1.82. The minimum Gasteiger partial charge on any atom is -0.472 e. The molecule has 140 valence electrons. The maximum absolute atomic E-state index is 14.2. The highest BCUT2D eigenvalue weighted by molar-refractivity contribution is 5.86. The number of hydrogen-bond acceptors (Lipinski definition) is 4.